The number of nitrogens with two attached hydrogens (primary N) is 1. The molecule has 15 heavy (non-hydrogen) atoms. The molecule has 0 radical (unpaired) electrons. The Morgan fingerprint density at radius 2 is 1.27 bits per heavy atom. The summed E-state index contributed by atoms with van der Waals surface area (Å²) < 4.78 is 20.6. The van der Waals surface area contributed by atoms with Crippen molar-refractivity contribution in [3.63, 3.8) is 0 Å². The van der Waals surface area contributed by atoms with Gasteiger partial charge in [0.05, 0.1) is 33.0 Å². The second-order valence-corrected chi connectivity index (χ2v) is 2.97. The highest BCUT2D eigenvalue weighted by molar-refractivity contribution is 4.37. The van der Waals surface area contributed by atoms with Crippen LogP contribution in [0.15, 0.2) is 0 Å². The number of methoxy groups -OCH3 is 1. The summed E-state index contributed by atoms with van der Waals surface area (Å²) in [6.07, 6.45) is 0.901. The van der Waals surface area contributed by atoms with Crippen molar-refractivity contribution in [2.75, 3.05) is 59.9 Å². The van der Waals surface area contributed by atoms with Crippen LogP contribution in [0.4, 0.5) is 0 Å². The van der Waals surface area contributed by atoms with Gasteiger partial charge in [0.1, 0.15) is 0 Å². The Morgan fingerprint density at radius 1 is 0.733 bits per heavy atom. The van der Waals surface area contributed by atoms with Crippen molar-refractivity contribution >= 4 is 0 Å². The first kappa shape index (κ1) is 14.8. The van der Waals surface area contributed by atoms with Gasteiger partial charge in [0.25, 0.3) is 0 Å². The third kappa shape index (κ3) is 13.8. The van der Waals surface area contributed by atoms with Gasteiger partial charge in [-0.25, -0.2) is 0 Å². The van der Waals surface area contributed by atoms with Crippen LogP contribution < -0.4 is 5.73 Å². The fourth-order valence-corrected chi connectivity index (χ4v) is 0.913. The normalized spacial score (nSPS) is 10.8. The van der Waals surface area contributed by atoms with E-state index in [9.17, 15) is 0 Å². The fourth-order valence-electron chi connectivity index (χ4n) is 0.913. The molecule has 0 saturated heterocycles. The first-order valence-electron chi connectivity index (χ1n) is 5.34. The molecule has 2 N–H and O–H groups in total. The first-order valence-corrected chi connectivity index (χ1v) is 5.34. The van der Waals surface area contributed by atoms with E-state index in [1.54, 1.807) is 7.11 Å². The van der Waals surface area contributed by atoms with Gasteiger partial charge in [0, 0.05) is 26.9 Å². The third-order valence-electron chi connectivity index (χ3n) is 1.64. The van der Waals surface area contributed by atoms with E-state index in [0.717, 1.165) is 6.42 Å². The highest BCUT2D eigenvalue weighted by Gasteiger charge is 1.91. The standard InChI is InChI=1S/C10H23NO4/c1-12-7-8-15-10-9-14-5-2-4-13-6-3-11/h2-11H2,1H3. The average Bonchev–Trinajstić information content (AvgIpc) is 2.26. The van der Waals surface area contributed by atoms with Crippen molar-refractivity contribution in [2.45, 2.75) is 6.42 Å². The molecule has 5 heteroatoms. The quantitative estimate of drug-likeness (QED) is 0.471. The van der Waals surface area contributed by atoms with Crippen LogP contribution in [-0.2, 0) is 18.9 Å². The van der Waals surface area contributed by atoms with Gasteiger partial charge in [0.15, 0.2) is 0 Å². The second-order valence-electron chi connectivity index (χ2n) is 2.97. The molecule has 0 aromatic carbocycles. The Bertz CT molecular complexity index is 102. The molecule has 0 aromatic heterocycles. The predicted molar refractivity (Wildman–Crippen MR) is 58.0 cm³/mol. The summed E-state index contributed by atoms with van der Waals surface area (Å²) in [4.78, 5) is 0. The lowest BCUT2D eigenvalue weighted by Crippen LogP contribution is -2.11. The minimum Gasteiger partial charge on any atom is -0.382 e. The molecule has 0 bridgehead atoms. The van der Waals surface area contributed by atoms with E-state index < -0.39 is 0 Å². The second kappa shape index (κ2) is 13.8. The number of hydrogen-bond donors (Lipinski definition) is 1. The van der Waals surface area contributed by atoms with E-state index in [4.69, 9.17) is 24.7 Å². The molecule has 0 rings (SSSR count). The van der Waals surface area contributed by atoms with Crippen LogP contribution in [-0.4, -0.2) is 59.9 Å². The van der Waals surface area contributed by atoms with Gasteiger partial charge >= 0.3 is 0 Å². The molecule has 0 fully saturated rings. The molecular formula is C10H23NO4. The van der Waals surface area contributed by atoms with E-state index in [1.165, 1.54) is 0 Å². The molecule has 0 amide bonds. The Kier molecular flexibility index (Phi) is 13.6. The van der Waals surface area contributed by atoms with Crippen LogP contribution in [0.5, 0.6) is 0 Å². The van der Waals surface area contributed by atoms with Gasteiger partial charge in [-0.3, -0.25) is 0 Å². The summed E-state index contributed by atoms with van der Waals surface area (Å²) in [5.41, 5.74) is 5.27. The molecule has 0 aliphatic carbocycles. The van der Waals surface area contributed by atoms with Gasteiger partial charge in [0.2, 0.25) is 0 Å². The van der Waals surface area contributed by atoms with Crippen LogP contribution in [0.2, 0.25) is 0 Å². The molecular weight excluding hydrogens is 198 g/mol. The molecule has 92 valence electrons. The minimum absolute atomic E-state index is 0.578. The third-order valence-corrected chi connectivity index (χ3v) is 1.64. The van der Waals surface area contributed by atoms with Crippen molar-refractivity contribution in [3.05, 3.63) is 0 Å². The molecule has 0 aliphatic rings. The van der Waals surface area contributed by atoms with Crippen molar-refractivity contribution in [1.82, 2.24) is 0 Å². The maximum Gasteiger partial charge on any atom is 0.0701 e. The average molecular weight is 221 g/mol. The highest BCUT2D eigenvalue weighted by Crippen LogP contribution is 1.85. The van der Waals surface area contributed by atoms with Crippen molar-refractivity contribution < 1.29 is 18.9 Å². The van der Waals surface area contributed by atoms with Crippen LogP contribution in [0.3, 0.4) is 0 Å². The summed E-state index contributed by atoms with van der Waals surface area (Å²) in [6.45, 7) is 5.12. The lowest BCUT2D eigenvalue weighted by Gasteiger charge is -2.05. The molecule has 0 unspecified atom stereocenters. The van der Waals surface area contributed by atoms with Gasteiger partial charge in [-0.15, -0.1) is 0 Å². The number of rotatable bonds is 12. The first-order chi connectivity index (χ1) is 7.41. The fraction of sp³-hybridized carbons (Fsp3) is 1.00. The van der Waals surface area contributed by atoms with Gasteiger partial charge < -0.3 is 24.7 Å². The molecule has 0 atom stereocenters. The maximum absolute atomic E-state index is 5.32. The lowest BCUT2D eigenvalue weighted by molar-refractivity contribution is 0.0186. The Hall–Kier alpha value is -0.200. The summed E-state index contributed by atoms with van der Waals surface area (Å²) in [6, 6.07) is 0. The van der Waals surface area contributed by atoms with Crippen LogP contribution in [0.25, 0.3) is 0 Å². The summed E-state index contributed by atoms with van der Waals surface area (Å²) >= 11 is 0. The molecule has 0 aliphatic heterocycles. The van der Waals surface area contributed by atoms with Crippen molar-refractivity contribution in [2.24, 2.45) is 5.73 Å². The Labute approximate surface area is 91.8 Å². The van der Waals surface area contributed by atoms with Crippen LogP contribution in [0.1, 0.15) is 6.42 Å². The topological polar surface area (TPSA) is 62.9 Å². The summed E-state index contributed by atoms with van der Waals surface area (Å²) in [5, 5.41) is 0. The smallest absolute Gasteiger partial charge is 0.0701 e. The number of hydrogen-bond acceptors (Lipinski definition) is 5. The van der Waals surface area contributed by atoms with Crippen molar-refractivity contribution in [3.8, 4) is 0 Å². The molecule has 5 nitrogen and oxygen atoms in total. The van der Waals surface area contributed by atoms with Gasteiger partial charge in [-0.2, -0.15) is 0 Å². The maximum atomic E-state index is 5.32. The monoisotopic (exact) mass is 221 g/mol. The molecule has 0 saturated carbocycles. The van der Waals surface area contributed by atoms with Crippen LogP contribution in [0, 0.1) is 0 Å². The summed E-state index contributed by atoms with van der Waals surface area (Å²) in [5.74, 6) is 0. The summed E-state index contributed by atoms with van der Waals surface area (Å²) in [7, 11) is 1.65. The molecule has 0 aromatic rings. The van der Waals surface area contributed by atoms with Gasteiger partial charge in [-0.1, -0.05) is 0 Å². The number of ether oxygens (including phenoxy) is 4. The zero-order valence-corrected chi connectivity index (χ0v) is 9.57. The Morgan fingerprint density at radius 3 is 1.87 bits per heavy atom. The lowest BCUT2D eigenvalue weighted by atomic mass is 10.5. The van der Waals surface area contributed by atoms with E-state index in [2.05, 4.69) is 0 Å². The van der Waals surface area contributed by atoms with E-state index in [1.807, 2.05) is 0 Å². The van der Waals surface area contributed by atoms with Crippen molar-refractivity contribution in [1.29, 1.82) is 0 Å². The molecule has 0 spiro atoms. The largest absolute Gasteiger partial charge is 0.382 e. The predicted octanol–water partition coefficient (Wildman–Crippen LogP) is 0.0314. The van der Waals surface area contributed by atoms with E-state index in [0.29, 0.717) is 52.8 Å². The SMILES string of the molecule is COCCOCCOCCCOCCN. The van der Waals surface area contributed by atoms with E-state index >= 15 is 0 Å². The van der Waals surface area contributed by atoms with E-state index in [-0.39, 0.29) is 0 Å². The Balaban J connectivity index is 2.81. The van der Waals surface area contributed by atoms with Crippen LogP contribution >= 0.6 is 0 Å². The molecule has 0 heterocycles. The zero-order chi connectivity index (χ0) is 11.2. The van der Waals surface area contributed by atoms with Gasteiger partial charge in [-0.05, 0) is 6.42 Å². The minimum atomic E-state index is 0.578. The highest BCUT2D eigenvalue weighted by atomic mass is 16.5. The zero-order valence-electron chi connectivity index (χ0n) is 9.57.